The van der Waals surface area contributed by atoms with Crippen LogP contribution in [0.1, 0.15) is 30.5 Å². The van der Waals surface area contributed by atoms with E-state index in [1.807, 2.05) is 36.4 Å². The number of nitrogens with one attached hydrogen (secondary N) is 1. The average molecular weight is 311 g/mol. The molecule has 0 heterocycles. The van der Waals surface area contributed by atoms with Crippen LogP contribution in [0.15, 0.2) is 48.5 Å². The van der Waals surface area contributed by atoms with Crippen molar-refractivity contribution in [1.82, 2.24) is 5.32 Å². The standard InChI is InChI=1S/C20H25NO2/c1-15(2)12-16-4-6-17(7-5-16)13-20(22)21-14-18-8-10-19(23-3)11-9-18/h4-11,15H,12-14H2,1-3H3,(H,21,22). The van der Waals surface area contributed by atoms with Gasteiger partial charge in [0.1, 0.15) is 5.75 Å². The summed E-state index contributed by atoms with van der Waals surface area (Å²) < 4.78 is 5.12. The Hall–Kier alpha value is -2.29. The van der Waals surface area contributed by atoms with Crippen molar-refractivity contribution in [2.24, 2.45) is 5.92 Å². The molecule has 3 heteroatoms. The molecular weight excluding hydrogens is 286 g/mol. The Morgan fingerprint density at radius 1 is 0.957 bits per heavy atom. The first kappa shape index (κ1) is 17.1. The van der Waals surface area contributed by atoms with Crippen LogP contribution in [0.4, 0.5) is 0 Å². The van der Waals surface area contributed by atoms with E-state index in [-0.39, 0.29) is 5.91 Å². The monoisotopic (exact) mass is 311 g/mol. The number of benzene rings is 2. The minimum absolute atomic E-state index is 0.0393. The molecular formula is C20H25NO2. The summed E-state index contributed by atoms with van der Waals surface area (Å²) in [5, 5.41) is 2.95. The molecule has 0 spiro atoms. The van der Waals surface area contributed by atoms with Gasteiger partial charge in [-0.1, -0.05) is 50.2 Å². The molecule has 0 aromatic heterocycles. The van der Waals surface area contributed by atoms with Crippen LogP contribution in [0.5, 0.6) is 5.75 Å². The Bertz CT molecular complexity index is 615. The Labute approximate surface area is 138 Å². The molecule has 1 amide bonds. The summed E-state index contributed by atoms with van der Waals surface area (Å²) in [7, 11) is 1.64. The Balaban J connectivity index is 1.81. The van der Waals surface area contributed by atoms with Gasteiger partial charge in [0.05, 0.1) is 13.5 Å². The van der Waals surface area contributed by atoms with Gasteiger partial charge < -0.3 is 10.1 Å². The van der Waals surface area contributed by atoms with E-state index < -0.39 is 0 Å². The third-order valence-electron chi connectivity index (χ3n) is 3.68. The van der Waals surface area contributed by atoms with Gasteiger partial charge in [0, 0.05) is 6.54 Å². The molecule has 0 bridgehead atoms. The van der Waals surface area contributed by atoms with E-state index in [2.05, 4.69) is 31.3 Å². The minimum atomic E-state index is 0.0393. The summed E-state index contributed by atoms with van der Waals surface area (Å²) in [6.45, 7) is 4.95. The predicted molar refractivity (Wildman–Crippen MR) is 93.5 cm³/mol. The van der Waals surface area contributed by atoms with Gasteiger partial charge in [0.15, 0.2) is 0 Å². The summed E-state index contributed by atoms with van der Waals surface area (Å²) in [5.41, 5.74) is 3.43. The number of ether oxygens (including phenoxy) is 1. The minimum Gasteiger partial charge on any atom is -0.497 e. The van der Waals surface area contributed by atoms with Crippen molar-refractivity contribution in [3.63, 3.8) is 0 Å². The number of carbonyl (C=O) groups excluding carboxylic acids is 1. The van der Waals surface area contributed by atoms with E-state index in [1.54, 1.807) is 7.11 Å². The molecule has 23 heavy (non-hydrogen) atoms. The quantitative estimate of drug-likeness (QED) is 0.845. The van der Waals surface area contributed by atoms with E-state index in [4.69, 9.17) is 4.74 Å². The first-order chi connectivity index (χ1) is 11.1. The fraction of sp³-hybridized carbons (Fsp3) is 0.350. The van der Waals surface area contributed by atoms with Crippen molar-refractivity contribution in [2.45, 2.75) is 33.2 Å². The highest BCUT2D eigenvalue weighted by Gasteiger charge is 2.04. The normalized spacial score (nSPS) is 10.6. The van der Waals surface area contributed by atoms with E-state index in [0.29, 0.717) is 18.9 Å². The van der Waals surface area contributed by atoms with Crippen LogP contribution >= 0.6 is 0 Å². The highest BCUT2D eigenvalue weighted by molar-refractivity contribution is 5.78. The maximum Gasteiger partial charge on any atom is 0.224 e. The average Bonchev–Trinajstić information content (AvgIpc) is 2.55. The van der Waals surface area contributed by atoms with Crippen LogP contribution in [-0.4, -0.2) is 13.0 Å². The van der Waals surface area contributed by atoms with Crippen LogP contribution in [-0.2, 0) is 24.2 Å². The number of hydrogen-bond donors (Lipinski definition) is 1. The molecule has 1 N–H and O–H groups in total. The van der Waals surface area contributed by atoms with E-state index in [0.717, 1.165) is 23.3 Å². The lowest BCUT2D eigenvalue weighted by molar-refractivity contribution is -0.120. The van der Waals surface area contributed by atoms with Crippen molar-refractivity contribution >= 4 is 5.91 Å². The molecule has 0 fully saturated rings. The second kappa shape index (κ2) is 8.37. The van der Waals surface area contributed by atoms with Gasteiger partial charge in [-0.05, 0) is 41.2 Å². The summed E-state index contributed by atoms with van der Waals surface area (Å²) in [6, 6.07) is 16.0. The smallest absolute Gasteiger partial charge is 0.224 e. The van der Waals surface area contributed by atoms with Gasteiger partial charge in [-0.25, -0.2) is 0 Å². The molecule has 0 unspecified atom stereocenters. The summed E-state index contributed by atoms with van der Waals surface area (Å²) in [6.07, 6.45) is 1.49. The lowest BCUT2D eigenvalue weighted by atomic mass is 10.0. The van der Waals surface area contributed by atoms with E-state index in [9.17, 15) is 4.79 Å². The zero-order chi connectivity index (χ0) is 16.7. The third-order valence-corrected chi connectivity index (χ3v) is 3.68. The van der Waals surface area contributed by atoms with Gasteiger partial charge in [-0.2, -0.15) is 0 Å². The zero-order valence-electron chi connectivity index (χ0n) is 14.1. The largest absolute Gasteiger partial charge is 0.497 e. The molecule has 122 valence electrons. The van der Waals surface area contributed by atoms with Crippen molar-refractivity contribution in [3.05, 3.63) is 65.2 Å². The molecule has 2 rings (SSSR count). The van der Waals surface area contributed by atoms with Gasteiger partial charge >= 0.3 is 0 Å². The van der Waals surface area contributed by atoms with Crippen molar-refractivity contribution < 1.29 is 9.53 Å². The van der Waals surface area contributed by atoms with E-state index >= 15 is 0 Å². The first-order valence-corrected chi connectivity index (χ1v) is 8.04. The van der Waals surface area contributed by atoms with Crippen LogP contribution in [0.2, 0.25) is 0 Å². The molecule has 0 aliphatic heterocycles. The Kier molecular flexibility index (Phi) is 6.21. The summed E-state index contributed by atoms with van der Waals surface area (Å²) in [5.74, 6) is 1.51. The lowest BCUT2D eigenvalue weighted by Crippen LogP contribution is -2.24. The summed E-state index contributed by atoms with van der Waals surface area (Å²) in [4.78, 5) is 12.0. The predicted octanol–water partition coefficient (Wildman–Crippen LogP) is 3.75. The number of hydrogen-bond acceptors (Lipinski definition) is 2. The summed E-state index contributed by atoms with van der Waals surface area (Å²) >= 11 is 0. The third kappa shape index (κ3) is 5.78. The molecule has 3 nitrogen and oxygen atoms in total. The molecule has 0 saturated carbocycles. The molecule has 0 radical (unpaired) electrons. The molecule has 0 aliphatic rings. The van der Waals surface area contributed by atoms with Gasteiger partial charge in [0.2, 0.25) is 5.91 Å². The first-order valence-electron chi connectivity index (χ1n) is 8.04. The second-order valence-electron chi connectivity index (χ2n) is 6.22. The van der Waals surface area contributed by atoms with E-state index in [1.165, 1.54) is 5.56 Å². The molecule has 0 saturated heterocycles. The number of amides is 1. The van der Waals surface area contributed by atoms with Crippen LogP contribution in [0, 0.1) is 5.92 Å². The highest BCUT2D eigenvalue weighted by atomic mass is 16.5. The Morgan fingerprint density at radius 3 is 2.09 bits per heavy atom. The highest BCUT2D eigenvalue weighted by Crippen LogP contribution is 2.12. The van der Waals surface area contributed by atoms with Gasteiger partial charge in [-0.3, -0.25) is 4.79 Å². The SMILES string of the molecule is COc1ccc(CNC(=O)Cc2ccc(CC(C)C)cc2)cc1. The lowest BCUT2D eigenvalue weighted by Gasteiger charge is -2.08. The van der Waals surface area contributed by atoms with Crippen molar-refractivity contribution in [2.75, 3.05) is 7.11 Å². The fourth-order valence-electron chi connectivity index (χ4n) is 2.46. The molecule has 0 atom stereocenters. The molecule has 2 aromatic rings. The van der Waals surface area contributed by atoms with Crippen LogP contribution in [0.25, 0.3) is 0 Å². The molecule has 2 aromatic carbocycles. The topological polar surface area (TPSA) is 38.3 Å². The number of rotatable bonds is 7. The maximum absolute atomic E-state index is 12.0. The van der Waals surface area contributed by atoms with Gasteiger partial charge in [-0.15, -0.1) is 0 Å². The molecule has 0 aliphatic carbocycles. The number of methoxy groups -OCH3 is 1. The zero-order valence-corrected chi connectivity index (χ0v) is 14.1. The van der Waals surface area contributed by atoms with Crippen molar-refractivity contribution in [3.8, 4) is 5.75 Å². The number of carbonyl (C=O) groups is 1. The second-order valence-corrected chi connectivity index (χ2v) is 6.22. The van der Waals surface area contributed by atoms with Gasteiger partial charge in [0.25, 0.3) is 0 Å². The van der Waals surface area contributed by atoms with Crippen LogP contribution in [0.3, 0.4) is 0 Å². The van der Waals surface area contributed by atoms with Crippen molar-refractivity contribution in [1.29, 1.82) is 0 Å². The fourth-order valence-corrected chi connectivity index (χ4v) is 2.46. The Morgan fingerprint density at radius 2 is 1.52 bits per heavy atom. The van der Waals surface area contributed by atoms with Crippen LogP contribution < -0.4 is 10.1 Å². The maximum atomic E-state index is 12.0.